The first-order valence-electron chi connectivity index (χ1n) is 9.08. The van der Waals surface area contributed by atoms with Crippen LogP contribution >= 0.6 is 0 Å². The van der Waals surface area contributed by atoms with Crippen molar-refractivity contribution in [3.05, 3.63) is 59.7 Å². The van der Waals surface area contributed by atoms with Crippen LogP contribution in [0.25, 0.3) is 12.2 Å². The van der Waals surface area contributed by atoms with Gasteiger partial charge in [-0.3, -0.25) is 9.59 Å². The summed E-state index contributed by atoms with van der Waals surface area (Å²) in [5.41, 5.74) is 1.33. The Labute approximate surface area is 170 Å². The van der Waals surface area contributed by atoms with Crippen LogP contribution in [0.5, 0.6) is 23.0 Å². The van der Waals surface area contributed by atoms with Crippen molar-refractivity contribution in [3.8, 4) is 23.0 Å². The molecule has 0 bridgehead atoms. The van der Waals surface area contributed by atoms with Crippen LogP contribution in [0.15, 0.2) is 48.6 Å². The van der Waals surface area contributed by atoms with Crippen LogP contribution in [0.1, 0.15) is 31.4 Å². The van der Waals surface area contributed by atoms with Gasteiger partial charge in [0.1, 0.15) is 0 Å². The van der Waals surface area contributed by atoms with Gasteiger partial charge in [0.05, 0.1) is 20.6 Å². The Morgan fingerprint density at radius 3 is 1.52 bits per heavy atom. The highest BCUT2D eigenvalue weighted by atomic mass is 16.5. The molecule has 0 aliphatic carbocycles. The lowest BCUT2D eigenvalue weighted by Gasteiger charge is -2.03. The van der Waals surface area contributed by atoms with Crippen LogP contribution in [-0.2, 0) is 9.59 Å². The predicted molar refractivity (Wildman–Crippen MR) is 113 cm³/mol. The van der Waals surface area contributed by atoms with Crippen LogP contribution in [0, 0.1) is 0 Å². The van der Waals surface area contributed by atoms with E-state index in [1.807, 2.05) is 13.8 Å². The second-order valence-electron chi connectivity index (χ2n) is 5.64. The average molecular weight is 398 g/mol. The Morgan fingerprint density at radius 2 is 1.17 bits per heavy atom. The molecule has 0 saturated heterocycles. The van der Waals surface area contributed by atoms with Gasteiger partial charge in [-0.1, -0.05) is 38.1 Å². The fourth-order valence-electron chi connectivity index (χ4n) is 2.26. The second kappa shape index (κ2) is 12.0. The molecule has 154 valence electrons. The fourth-order valence-corrected chi connectivity index (χ4v) is 2.26. The number of ketones is 2. The molecule has 0 saturated carbocycles. The first kappa shape index (κ1) is 23.5. The normalized spacial score (nSPS) is 10.5. The molecule has 0 aliphatic heterocycles. The molecule has 0 heterocycles. The van der Waals surface area contributed by atoms with E-state index in [9.17, 15) is 19.8 Å². The number of methoxy groups -OCH3 is 2. The summed E-state index contributed by atoms with van der Waals surface area (Å²) >= 11 is 0. The highest BCUT2D eigenvalue weighted by Gasteiger charge is 2.06. The first-order chi connectivity index (χ1) is 13.9. The highest BCUT2D eigenvalue weighted by Crippen LogP contribution is 2.27. The second-order valence-corrected chi connectivity index (χ2v) is 5.64. The number of phenols is 2. The maximum Gasteiger partial charge on any atom is 0.163 e. The van der Waals surface area contributed by atoms with Crippen molar-refractivity contribution in [2.45, 2.75) is 20.3 Å². The van der Waals surface area contributed by atoms with Crippen molar-refractivity contribution in [1.29, 1.82) is 0 Å². The number of carbonyl (C=O) groups is 2. The molecule has 0 aromatic heterocycles. The summed E-state index contributed by atoms with van der Waals surface area (Å²) < 4.78 is 10.00. The molecule has 0 unspecified atom stereocenters. The third-order valence-electron chi connectivity index (χ3n) is 3.68. The SMILES string of the molecule is CC.COc1cc(/C=C/C(=O)CC(=O)/C=C/c2ccc(O)c(OC)c2)ccc1O. The molecule has 0 fully saturated rings. The van der Waals surface area contributed by atoms with Gasteiger partial charge in [0, 0.05) is 0 Å². The lowest BCUT2D eigenvalue weighted by atomic mass is 10.1. The number of benzene rings is 2. The van der Waals surface area contributed by atoms with E-state index in [1.54, 1.807) is 36.4 Å². The van der Waals surface area contributed by atoms with Crippen molar-refractivity contribution in [2.24, 2.45) is 0 Å². The lowest BCUT2D eigenvalue weighted by molar-refractivity contribution is -0.121. The number of rotatable bonds is 8. The minimum atomic E-state index is -0.347. The molecule has 0 atom stereocenters. The molecule has 2 aromatic carbocycles. The molecule has 0 spiro atoms. The topological polar surface area (TPSA) is 93.1 Å². The molecule has 6 heteroatoms. The van der Waals surface area contributed by atoms with Crippen LogP contribution in [-0.4, -0.2) is 36.0 Å². The number of hydrogen-bond donors (Lipinski definition) is 2. The number of allylic oxidation sites excluding steroid dienone is 2. The van der Waals surface area contributed by atoms with Crippen molar-refractivity contribution < 1.29 is 29.3 Å². The van der Waals surface area contributed by atoms with E-state index < -0.39 is 0 Å². The van der Waals surface area contributed by atoms with Gasteiger partial charge in [0.25, 0.3) is 0 Å². The van der Waals surface area contributed by atoms with Gasteiger partial charge in [-0.2, -0.15) is 0 Å². The largest absolute Gasteiger partial charge is 0.504 e. The minimum absolute atomic E-state index is 0.00662. The smallest absolute Gasteiger partial charge is 0.163 e. The number of hydrogen-bond acceptors (Lipinski definition) is 6. The lowest BCUT2D eigenvalue weighted by Crippen LogP contribution is -2.01. The third-order valence-corrected chi connectivity index (χ3v) is 3.68. The van der Waals surface area contributed by atoms with Gasteiger partial charge in [-0.25, -0.2) is 0 Å². The van der Waals surface area contributed by atoms with E-state index in [0.717, 1.165) is 0 Å². The number of carbonyl (C=O) groups excluding carboxylic acids is 2. The van der Waals surface area contributed by atoms with E-state index in [-0.39, 0.29) is 29.5 Å². The van der Waals surface area contributed by atoms with Gasteiger partial charge in [0.15, 0.2) is 34.6 Å². The van der Waals surface area contributed by atoms with Crippen molar-refractivity contribution in [1.82, 2.24) is 0 Å². The molecule has 0 radical (unpaired) electrons. The predicted octanol–water partition coefficient (Wildman–Crippen LogP) is 4.40. The van der Waals surface area contributed by atoms with Gasteiger partial charge >= 0.3 is 0 Å². The van der Waals surface area contributed by atoms with Crippen LogP contribution in [0.4, 0.5) is 0 Å². The molecule has 6 nitrogen and oxygen atoms in total. The molecule has 0 aliphatic rings. The van der Waals surface area contributed by atoms with Gasteiger partial charge < -0.3 is 19.7 Å². The standard InChI is InChI=1S/C21H20O6.C2H6/c1-26-20-11-14(5-9-18(20)24)3-7-16(22)13-17(23)8-4-15-6-10-19(25)21(12-15)27-2;1-2/h3-12,24-25H,13H2,1-2H3;1-2H3/b7-3+,8-4+;. The molecule has 2 aromatic rings. The van der Waals surface area contributed by atoms with E-state index in [4.69, 9.17) is 9.47 Å². The van der Waals surface area contributed by atoms with E-state index in [1.165, 1.54) is 38.5 Å². The zero-order valence-corrected chi connectivity index (χ0v) is 17.0. The Morgan fingerprint density at radius 1 is 0.793 bits per heavy atom. The number of phenolic OH excluding ortho intramolecular Hbond substituents is 2. The quantitative estimate of drug-likeness (QED) is 0.506. The monoisotopic (exact) mass is 398 g/mol. The molecular formula is C23H26O6. The van der Waals surface area contributed by atoms with E-state index in [2.05, 4.69) is 0 Å². The fraction of sp³-hybridized carbons (Fsp3) is 0.217. The van der Waals surface area contributed by atoms with Crippen molar-refractivity contribution in [2.75, 3.05) is 14.2 Å². The van der Waals surface area contributed by atoms with E-state index in [0.29, 0.717) is 22.6 Å². The van der Waals surface area contributed by atoms with Crippen LogP contribution in [0.3, 0.4) is 0 Å². The third kappa shape index (κ3) is 7.54. The number of ether oxygens (including phenoxy) is 2. The Bertz CT molecular complexity index is 823. The summed E-state index contributed by atoms with van der Waals surface area (Å²) in [6.07, 6.45) is 5.44. The van der Waals surface area contributed by atoms with Crippen molar-refractivity contribution in [3.63, 3.8) is 0 Å². The summed E-state index contributed by atoms with van der Waals surface area (Å²) in [6.45, 7) is 4.00. The average Bonchev–Trinajstić information content (AvgIpc) is 2.74. The summed E-state index contributed by atoms with van der Waals surface area (Å²) in [5, 5.41) is 19.1. The molecular weight excluding hydrogens is 372 g/mol. The molecule has 29 heavy (non-hydrogen) atoms. The Kier molecular flexibility index (Phi) is 9.74. The van der Waals surface area contributed by atoms with E-state index >= 15 is 0 Å². The molecule has 0 amide bonds. The summed E-state index contributed by atoms with van der Waals surface area (Å²) in [7, 11) is 2.87. The van der Waals surface area contributed by atoms with Crippen molar-refractivity contribution >= 4 is 23.7 Å². The van der Waals surface area contributed by atoms with Crippen LogP contribution < -0.4 is 9.47 Å². The van der Waals surface area contributed by atoms with Gasteiger partial charge in [-0.15, -0.1) is 0 Å². The summed E-state index contributed by atoms with van der Waals surface area (Å²) in [6, 6.07) is 9.34. The van der Waals surface area contributed by atoms with Gasteiger partial charge in [0.2, 0.25) is 0 Å². The molecule has 2 N–H and O–H groups in total. The molecule has 2 rings (SSSR count). The summed E-state index contributed by atoms with van der Waals surface area (Å²) in [4.78, 5) is 23.9. The van der Waals surface area contributed by atoms with Crippen LogP contribution in [0.2, 0.25) is 0 Å². The minimum Gasteiger partial charge on any atom is -0.504 e. The van der Waals surface area contributed by atoms with Gasteiger partial charge in [-0.05, 0) is 47.5 Å². The first-order valence-corrected chi connectivity index (χ1v) is 9.08. The summed E-state index contributed by atoms with van der Waals surface area (Å²) in [5.74, 6) is -0.0832. The zero-order valence-electron chi connectivity index (χ0n) is 17.0. The Balaban J connectivity index is 0.00000204. The number of aromatic hydroxyl groups is 2. The zero-order chi connectivity index (χ0) is 21.8. The highest BCUT2D eigenvalue weighted by molar-refractivity contribution is 6.10. The maximum atomic E-state index is 11.9. The Hall–Kier alpha value is -3.54. The maximum absolute atomic E-state index is 11.9.